The molecule has 3 heteroatoms. The number of nitrogens with zero attached hydrogens (tertiary/aromatic N) is 2. The minimum absolute atomic E-state index is 0.763. The van der Waals surface area contributed by atoms with Crippen LogP contribution >= 0.6 is 0 Å². The van der Waals surface area contributed by atoms with E-state index in [9.17, 15) is 0 Å². The van der Waals surface area contributed by atoms with Gasteiger partial charge in [0, 0.05) is 19.0 Å². The Morgan fingerprint density at radius 1 is 1.22 bits per heavy atom. The number of aryl methyl sites for hydroxylation is 2. The molecule has 0 unspecified atom stereocenters. The zero-order valence-corrected chi connectivity index (χ0v) is 11.4. The molecule has 0 aliphatic rings. The summed E-state index contributed by atoms with van der Waals surface area (Å²) in [6.45, 7) is 4.31. The van der Waals surface area contributed by atoms with Gasteiger partial charge in [0.05, 0.1) is 0 Å². The number of benzene rings is 1. The number of rotatable bonds is 4. The Kier molecular flexibility index (Phi) is 3.70. The number of hydrogen-bond acceptors (Lipinski definition) is 2. The molecule has 0 aliphatic heterocycles. The number of hydrogen-bond donors (Lipinski definition) is 1. The molecule has 0 amide bonds. The van der Waals surface area contributed by atoms with Crippen molar-refractivity contribution < 1.29 is 0 Å². The van der Waals surface area contributed by atoms with E-state index in [2.05, 4.69) is 32.0 Å². The zero-order valence-electron chi connectivity index (χ0n) is 11.4. The lowest BCUT2D eigenvalue weighted by molar-refractivity contribution is 0.764. The van der Waals surface area contributed by atoms with Gasteiger partial charge in [-0.2, -0.15) is 0 Å². The van der Waals surface area contributed by atoms with E-state index in [0.717, 1.165) is 42.2 Å². The van der Waals surface area contributed by atoms with Gasteiger partial charge >= 0.3 is 0 Å². The van der Waals surface area contributed by atoms with Crippen molar-refractivity contribution in [2.75, 3.05) is 5.73 Å². The van der Waals surface area contributed by atoms with Crippen LogP contribution in [0.15, 0.2) is 24.3 Å². The maximum absolute atomic E-state index is 6.19. The fraction of sp³-hybridized carbons (Fsp3) is 0.400. The fourth-order valence-electron chi connectivity index (χ4n) is 2.26. The monoisotopic (exact) mass is 243 g/mol. The second-order valence-electron chi connectivity index (χ2n) is 4.58. The van der Waals surface area contributed by atoms with E-state index in [0.29, 0.717) is 0 Å². The van der Waals surface area contributed by atoms with Crippen molar-refractivity contribution in [3.05, 3.63) is 35.7 Å². The molecule has 0 fully saturated rings. The molecule has 0 atom stereocenters. The van der Waals surface area contributed by atoms with E-state index in [-0.39, 0.29) is 0 Å². The lowest BCUT2D eigenvalue weighted by Crippen LogP contribution is -2.01. The van der Waals surface area contributed by atoms with Crippen LogP contribution in [0.2, 0.25) is 0 Å². The second kappa shape index (κ2) is 5.25. The minimum atomic E-state index is 0.763. The van der Waals surface area contributed by atoms with Crippen molar-refractivity contribution in [1.29, 1.82) is 0 Å². The highest BCUT2D eigenvalue weighted by molar-refractivity contribution is 5.73. The Morgan fingerprint density at radius 3 is 2.61 bits per heavy atom. The Bertz CT molecular complexity index is 541. The third kappa shape index (κ3) is 2.13. The van der Waals surface area contributed by atoms with E-state index >= 15 is 0 Å². The van der Waals surface area contributed by atoms with Crippen LogP contribution in [0.3, 0.4) is 0 Å². The molecule has 0 radical (unpaired) electrons. The summed E-state index contributed by atoms with van der Waals surface area (Å²) in [6, 6.07) is 8.35. The predicted molar refractivity (Wildman–Crippen MR) is 76.4 cm³/mol. The number of nitrogens with two attached hydrogens (primary N) is 1. The zero-order chi connectivity index (χ0) is 13.1. The highest BCUT2D eigenvalue weighted by Crippen LogP contribution is 2.29. The number of nitrogen functional groups attached to an aromatic ring is 1. The molecular formula is C15H21N3. The first-order valence-electron chi connectivity index (χ1n) is 6.58. The van der Waals surface area contributed by atoms with Crippen molar-refractivity contribution in [3.63, 3.8) is 0 Å². The van der Waals surface area contributed by atoms with E-state index in [1.807, 2.05) is 17.7 Å². The van der Waals surface area contributed by atoms with Crippen molar-refractivity contribution in [2.24, 2.45) is 7.05 Å². The summed E-state index contributed by atoms with van der Waals surface area (Å²) in [6.07, 6.45) is 3.05. The fourth-order valence-corrected chi connectivity index (χ4v) is 2.26. The molecule has 2 N–H and O–H groups in total. The summed E-state index contributed by atoms with van der Waals surface area (Å²) in [5.74, 6) is 1.83. The molecule has 1 aromatic carbocycles. The summed E-state index contributed by atoms with van der Waals surface area (Å²) in [7, 11) is 1.99. The third-order valence-corrected chi connectivity index (χ3v) is 3.36. The first-order valence-corrected chi connectivity index (χ1v) is 6.58. The lowest BCUT2D eigenvalue weighted by Gasteiger charge is -2.06. The van der Waals surface area contributed by atoms with Gasteiger partial charge in [-0.05, 0) is 18.4 Å². The predicted octanol–water partition coefficient (Wildman–Crippen LogP) is 3.18. The summed E-state index contributed by atoms with van der Waals surface area (Å²) < 4.78 is 2.01. The number of anilines is 1. The van der Waals surface area contributed by atoms with E-state index in [4.69, 9.17) is 10.7 Å². The van der Waals surface area contributed by atoms with Crippen LogP contribution in [0.1, 0.15) is 31.7 Å². The number of imidazole rings is 1. The van der Waals surface area contributed by atoms with Crippen LogP contribution in [0, 0.1) is 0 Å². The molecule has 0 spiro atoms. The summed E-state index contributed by atoms with van der Waals surface area (Å²) >= 11 is 0. The first kappa shape index (κ1) is 12.7. The third-order valence-electron chi connectivity index (χ3n) is 3.36. The van der Waals surface area contributed by atoms with Crippen LogP contribution in [-0.2, 0) is 19.9 Å². The molecule has 18 heavy (non-hydrogen) atoms. The molecule has 3 nitrogen and oxygen atoms in total. The lowest BCUT2D eigenvalue weighted by atomic mass is 10.0. The summed E-state index contributed by atoms with van der Waals surface area (Å²) in [4.78, 5) is 4.72. The molecule has 0 saturated carbocycles. The van der Waals surface area contributed by atoms with Gasteiger partial charge in [0.2, 0.25) is 0 Å². The van der Waals surface area contributed by atoms with E-state index in [1.165, 1.54) is 5.56 Å². The van der Waals surface area contributed by atoms with Gasteiger partial charge in [-0.25, -0.2) is 4.98 Å². The molecule has 0 bridgehead atoms. The quantitative estimate of drug-likeness (QED) is 0.896. The molecule has 0 saturated heterocycles. The summed E-state index contributed by atoms with van der Waals surface area (Å²) in [5, 5.41) is 0. The normalized spacial score (nSPS) is 10.8. The Labute approximate surface area is 109 Å². The van der Waals surface area contributed by atoms with Crippen LogP contribution in [0.25, 0.3) is 11.3 Å². The van der Waals surface area contributed by atoms with Crippen LogP contribution in [0.4, 0.5) is 5.82 Å². The highest BCUT2D eigenvalue weighted by atomic mass is 15.1. The molecule has 0 aliphatic carbocycles. The van der Waals surface area contributed by atoms with Gasteiger partial charge in [0.25, 0.3) is 0 Å². The molecule has 1 heterocycles. The highest BCUT2D eigenvalue weighted by Gasteiger charge is 2.15. The van der Waals surface area contributed by atoms with Crippen LogP contribution < -0.4 is 5.73 Å². The molecule has 96 valence electrons. The van der Waals surface area contributed by atoms with Crippen LogP contribution in [0.5, 0.6) is 0 Å². The Balaban J connectivity index is 2.54. The van der Waals surface area contributed by atoms with Gasteiger partial charge in [-0.3, -0.25) is 0 Å². The molecule has 1 aromatic heterocycles. The van der Waals surface area contributed by atoms with Crippen molar-refractivity contribution >= 4 is 5.82 Å². The largest absolute Gasteiger partial charge is 0.383 e. The van der Waals surface area contributed by atoms with Gasteiger partial charge in [0.1, 0.15) is 17.3 Å². The Morgan fingerprint density at radius 2 is 1.94 bits per heavy atom. The maximum atomic E-state index is 6.19. The van der Waals surface area contributed by atoms with Gasteiger partial charge < -0.3 is 10.3 Å². The maximum Gasteiger partial charge on any atom is 0.131 e. The van der Waals surface area contributed by atoms with Crippen molar-refractivity contribution in [3.8, 4) is 11.3 Å². The standard InChI is InChI=1S/C15H21N3/c1-4-8-13-17-14(15(16)18(13)3)12-10-7-6-9-11(12)5-2/h6-7,9-10H,4-5,8,16H2,1-3H3. The van der Waals surface area contributed by atoms with Crippen LogP contribution in [-0.4, -0.2) is 9.55 Å². The smallest absolute Gasteiger partial charge is 0.131 e. The van der Waals surface area contributed by atoms with E-state index < -0.39 is 0 Å². The van der Waals surface area contributed by atoms with E-state index in [1.54, 1.807) is 0 Å². The average Bonchev–Trinajstić information content (AvgIpc) is 2.67. The minimum Gasteiger partial charge on any atom is -0.383 e. The van der Waals surface area contributed by atoms with Crippen molar-refractivity contribution in [2.45, 2.75) is 33.1 Å². The second-order valence-corrected chi connectivity index (χ2v) is 4.58. The van der Waals surface area contributed by atoms with Gasteiger partial charge in [-0.15, -0.1) is 0 Å². The van der Waals surface area contributed by atoms with Gasteiger partial charge in [-0.1, -0.05) is 38.1 Å². The Hall–Kier alpha value is -1.77. The number of aromatic nitrogens is 2. The average molecular weight is 243 g/mol. The topological polar surface area (TPSA) is 43.8 Å². The molecule has 2 rings (SSSR count). The molecular weight excluding hydrogens is 222 g/mol. The molecule has 2 aromatic rings. The SMILES string of the molecule is CCCc1nc(-c2ccccc2CC)c(N)n1C. The first-order chi connectivity index (χ1) is 8.69. The van der Waals surface area contributed by atoms with Crippen molar-refractivity contribution in [1.82, 2.24) is 9.55 Å². The van der Waals surface area contributed by atoms with Gasteiger partial charge in [0.15, 0.2) is 0 Å². The summed E-state index contributed by atoms with van der Waals surface area (Å²) in [5.41, 5.74) is 9.58.